The van der Waals surface area contributed by atoms with Crippen LogP contribution in [0.1, 0.15) is 12.0 Å². The van der Waals surface area contributed by atoms with Gasteiger partial charge in [-0.05, 0) is 29.8 Å². The molecule has 0 saturated heterocycles. The van der Waals surface area contributed by atoms with Crippen molar-refractivity contribution in [2.45, 2.75) is 12.6 Å². The van der Waals surface area contributed by atoms with Crippen LogP contribution in [0, 0.1) is 5.82 Å². The van der Waals surface area contributed by atoms with Gasteiger partial charge in [0.05, 0.1) is 22.6 Å². The number of amides is 2. The SMILES string of the molecule is CN1CCC(=O)N(CC(=O)N(C)c2ccc(F)cc2C(F)(F)F)c2c(-c3ccccc3)cccc21. The minimum absolute atomic E-state index is 0.126. The van der Waals surface area contributed by atoms with E-state index in [1.165, 1.54) is 11.9 Å². The molecule has 1 heterocycles. The summed E-state index contributed by atoms with van der Waals surface area (Å²) in [7, 11) is 3.02. The zero-order valence-electron chi connectivity index (χ0n) is 19.1. The highest BCUT2D eigenvalue weighted by Crippen LogP contribution is 2.41. The molecule has 182 valence electrons. The third kappa shape index (κ3) is 4.84. The third-order valence-corrected chi connectivity index (χ3v) is 6.04. The number of rotatable bonds is 4. The van der Waals surface area contributed by atoms with Crippen molar-refractivity contribution in [3.63, 3.8) is 0 Å². The number of para-hydroxylation sites is 1. The number of alkyl halides is 3. The van der Waals surface area contributed by atoms with E-state index in [0.717, 1.165) is 33.8 Å². The average molecular weight is 485 g/mol. The average Bonchev–Trinajstić information content (AvgIpc) is 2.95. The Morgan fingerprint density at radius 2 is 1.74 bits per heavy atom. The van der Waals surface area contributed by atoms with E-state index in [1.54, 1.807) is 0 Å². The van der Waals surface area contributed by atoms with Gasteiger partial charge < -0.3 is 14.7 Å². The molecule has 0 bridgehead atoms. The van der Waals surface area contributed by atoms with E-state index in [2.05, 4.69) is 0 Å². The van der Waals surface area contributed by atoms with Gasteiger partial charge in [-0.25, -0.2) is 4.39 Å². The first-order valence-corrected chi connectivity index (χ1v) is 10.9. The summed E-state index contributed by atoms with van der Waals surface area (Å²) in [5, 5.41) is 0. The lowest BCUT2D eigenvalue weighted by Gasteiger charge is -2.29. The lowest BCUT2D eigenvalue weighted by Crippen LogP contribution is -2.42. The maximum absolute atomic E-state index is 13.6. The third-order valence-electron chi connectivity index (χ3n) is 6.04. The lowest BCUT2D eigenvalue weighted by atomic mass is 10.0. The summed E-state index contributed by atoms with van der Waals surface area (Å²) in [6.45, 7) is -0.0600. The smallest absolute Gasteiger partial charge is 0.372 e. The van der Waals surface area contributed by atoms with Crippen LogP contribution in [0.3, 0.4) is 0 Å². The minimum atomic E-state index is -4.86. The summed E-state index contributed by atoms with van der Waals surface area (Å²) in [6, 6.07) is 17.0. The van der Waals surface area contributed by atoms with E-state index >= 15 is 0 Å². The van der Waals surface area contributed by atoms with Crippen molar-refractivity contribution in [1.29, 1.82) is 0 Å². The van der Waals surface area contributed by atoms with E-state index in [9.17, 15) is 27.2 Å². The Morgan fingerprint density at radius 1 is 1.03 bits per heavy atom. The number of benzene rings is 3. The molecule has 0 radical (unpaired) electrons. The fourth-order valence-electron chi connectivity index (χ4n) is 4.19. The van der Waals surface area contributed by atoms with Gasteiger partial charge in [0, 0.05) is 32.6 Å². The number of carbonyl (C=O) groups is 2. The number of fused-ring (bicyclic) bond motifs is 1. The zero-order chi connectivity index (χ0) is 25.3. The summed E-state index contributed by atoms with van der Waals surface area (Å²) < 4.78 is 54.2. The van der Waals surface area contributed by atoms with Crippen LogP contribution in [0.5, 0.6) is 0 Å². The first-order valence-electron chi connectivity index (χ1n) is 10.9. The molecule has 2 amide bonds. The molecule has 0 unspecified atom stereocenters. The Morgan fingerprint density at radius 3 is 2.43 bits per heavy atom. The minimum Gasteiger partial charge on any atom is -0.372 e. The monoisotopic (exact) mass is 485 g/mol. The maximum atomic E-state index is 13.6. The predicted octanol–water partition coefficient (Wildman–Crippen LogP) is 5.35. The highest BCUT2D eigenvalue weighted by atomic mass is 19.4. The zero-order valence-corrected chi connectivity index (χ0v) is 19.1. The standard InChI is InChI=1S/C26H23F4N3O2/c1-31-14-13-23(34)33(25-19(9-6-10-22(25)31)17-7-4-3-5-8-17)16-24(35)32(2)21-12-11-18(27)15-20(21)26(28,29)30/h3-12,15H,13-14,16H2,1-2H3. The highest BCUT2D eigenvalue weighted by Gasteiger charge is 2.37. The molecule has 1 aliphatic heterocycles. The van der Waals surface area contributed by atoms with Crippen molar-refractivity contribution >= 4 is 28.9 Å². The van der Waals surface area contributed by atoms with Gasteiger partial charge in [0.25, 0.3) is 0 Å². The number of carbonyl (C=O) groups excluding carboxylic acids is 2. The molecule has 0 atom stereocenters. The van der Waals surface area contributed by atoms with Gasteiger partial charge in [-0.3, -0.25) is 9.59 Å². The van der Waals surface area contributed by atoms with Crippen molar-refractivity contribution in [3.8, 4) is 11.1 Å². The van der Waals surface area contributed by atoms with Gasteiger partial charge in [0.15, 0.2) is 0 Å². The van der Waals surface area contributed by atoms with E-state index in [-0.39, 0.29) is 12.3 Å². The number of halogens is 4. The quantitative estimate of drug-likeness (QED) is 0.468. The molecule has 3 aromatic rings. The summed E-state index contributed by atoms with van der Waals surface area (Å²) >= 11 is 0. The van der Waals surface area contributed by atoms with Crippen LogP contribution in [0.25, 0.3) is 11.1 Å². The van der Waals surface area contributed by atoms with Gasteiger partial charge in [-0.15, -0.1) is 0 Å². The van der Waals surface area contributed by atoms with E-state index in [0.29, 0.717) is 18.3 Å². The van der Waals surface area contributed by atoms with Crippen LogP contribution >= 0.6 is 0 Å². The Balaban J connectivity index is 1.76. The molecule has 0 saturated carbocycles. The van der Waals surface area contributed by atoms with Gasteiger partial charge in [-0.2, -0.15) is 13.2 Å². The number of hydrogen-bond acceptors (Lipinski definition) is 3. The molecule has 35 heavy (non-hydrogen) atoms. The molecule has 4 rings (SSSR count). The van der Waals surface area contributed by atoms with Crippen LogP contribution in [0.2, 0.25) is 0 Å². The largest absolute Gasteiger partial charge is 0.418 e. The predicted molar refractivity (Wildman–Crippen MR) is 127 cm³/mol. The first kappa shape index (κ1) is 24.3. The second-order valence-corrected chi connectivity index (χ2v) is 8.30. The van der Waals surface area contributed by atoms with E-state index < -0.39 is 35.7 Å². The first-order chi connectivity index (χ1) is 16.6. The Labute approximate surface area is 200 Å². The molecular weight excluding hydrogens is 462 g/mol. The van der Waals surface area contributed by atoms with Crippen molar-refractivity contribution in [2.75, 3.05) is 41.9 Å². The fourth-order valence-corrected chi connectivity index (χ4v) is 4.19. The van der Waals surface area contributed by atoms with Crippen molar-refractivity contribution in [1.82, 2.24) is 0 Å². The fraction of sp³-hybridized carbons (Fsp3) is 0.231. The molecule has 1 aliphatic rings. The van der Waals surface area contributed by atoms with Gasteiger partial charge in [0.1, 0.15) is 12.4 Å². The van der Waals surface area contributed by atoms with Gasteiger partial charge >= 0.3 is 6.18 Å². The van der Waals surface area contributed by atoms with E-state index in [4.69, 9.17) is 0 Å². The molecule has 0 aromatic heterocycles. The number of hydrogen-bond donors (Lipinski definition) is 0. The Hall–Kier alpha value is -3.88. The van der Waals surface area contributed by atoms with Crippen molar-refractivity contribution < 1.29 is 27.2 Å². The van der Waals surface area contributed by atoms with Crippen LogP contribution < -0.4 is 14.7 Å². The van der Waals surface area contributed by atoms with Gasteiger partial charge in [0.2, 0.25) is 11.8 Å². The molecule has 9 heteroatoms. The molecular formula is C26H23F4N3O2. The molecule has 0 aliphatic carbocycles. The molecule has 5 nitrogen and oxygen atoms in total. The maximum Gasteiger partial charge on any atom is 0.418 e. The number of anilines is 3. The number of likely N-dealkylation sites (N-methyl/N-ethyl adjacent to an activating group) is 1. The topological polar surface area (TPSA) is 43.9 Å². The normalized spacial score (nSPS) is 13.9. The Bertz CT molecular complexity index is 1260. The van der Waals surface area contributed by atoms with Crippen LogP contribution in [-0.4, -0.2) is 39.0 Å². The molecule has 3 aromatic carbocycles. The highest BCUT2D eigenvalue weighted by molar-refractivity contribution is 6.09. The molecule has 0 spiro atoms. The lowest BCUT2D eigenvalue weighted by molar-refractivity contribution is -0.137. The molecule has 0 N–H and O–H groups in total. The second kappa shape index (κ2) is 9.40. The number of nitrogens with zero attached hydrogens (tertiary/aromatic N) is 3. The van der Waals surface area contributed by atoms with Crippen molar-refractivity contribution in [3.05, 3.63) is 78.1 Å². The summed E-state index contributed by atoms with van der Waals surface area (Å²) in [5.74, 6) is -2.13. The molecule has 0 fully saturated rings. The summed E-state index contributed by atoms with van der Waals surface area (Å²) in [4.78, 5) is 30.5. The van der Waals surface area contributed by atoms with E-state index in [1.807, 2.05) is 60.5 Å². The van der Waals surface area contributed by atoms with Crippen LogP contribution in [0.15, 0.2) is 66.7 Å². The van der Waals surface area contributed by atoms with Gasteiger partial charge in [-0.1, -0.05) is 42.5 Å². The van der Waals surface area contributed by atoms with Crippen LogP contribution in [0.4, 0.5) is 34.6 Å². The second-order valence-electron chi connectivity index (χ2n) is 8.30. The Kier molecular flexibility index (Phi) is 6.51. The van der Waals surface area contributed by atoms with Crippen LogP contribution in [-0.2, 0) is 15.8 Å². The summed E-state index contributed by atoms with van der Waals surface area (Å²) in [6.07, 6.45) is -4.74. The van der Waals surface area contributed by atoms with Crippen molar-refractivity contribution in [2.24, 2.45) is 0 Å². The summed E-state index contributed by atoms with van der Waals surface area (Å²) in [5.41, 5.74) is 1.04.